The molecule has 2 heterocycles. The minimum absolute atomic E-state index is 0.189. The molecule has 0 bridgehead atoms. The third kappa shape index (κ3) is 3.22. The smallest absolute Gasteiger partial charge is 0.323 e. The van der Waals surface area contributed by atoms with Crippen LogP contribution in [0.2, 0.25) is 5.28 Å². The minimum Gasteiger partial charge on any atom is -0.457 e. The lowest BCUT2D eigenvalue weighted by atomic mass is 10.1. The number of nitrogens with zero attached hydrogens (tertiary/aromatic N) is 4. The quantitative estimate of drug-likeness (QED) is 0.842. The summed E-state index contributed by atoms with van der Waals surface area (Å²) in [6.45, 7) is 8.00. The summed E-state index contributed by atoms with van der Waals surface area (Å²) in [7, 11) is 0. The summed E-state index contributed by atoms with van der Waals surface area (Å²) in [5.41, 5.74) is -0.299. The topological polar surface area (TPSA) is 51.1 Å². The molecule has 0 saturated carbocycles. The number of anilines is 1. The molecule has 1 aromatic rings. The van der Waals surface area contributed by atoms with Gasteiger partial charge in [0.15, 0.2) is 0 Å². The normalized spacial score (nSPS) is 16.1. The second-order valence-corrected chi connectivity index (χ2v) is 5.43. The van der Waals surface area contributed by atoms with Crippen LogP contribution in [0.3, 0.4) is 0 Å². The fraction of sp³-hybridized carbons (Fsp3) is 0.750. The fourth-order valence-corrected chi connectivity index (χ4v) is 1.89. The van der Waals surface area contributed by atoms with Gasteiger partial charge in [-0.15, -0.1) is 0 Å². The molecule has 0 aromatic carbocycles. The Morgan fingerprint density at radius 3 is 2.50 bits per heavy atom. The molecule has 0 spiro atoms. The summed E-state index contributed by atoms with van der Waals surface area (Å²) in [5.74, 6) is 0.620. The molecule has 5 nitrogen and oxygen atoms in total. The molecule has 1 aliphatic heterocycles. The van der Waals surface area contributed by atoms with E-state index in [2.05, 4.69) is 26.8 Å². The highest BCUT2D eigenvalue weighted by Crippen LogP contribution is 2.22. The Morgan fingerprint density at radius 1 is 1.22 bits per heavy atom. The van der Waals surface area contributed by atoms with Gasteiger partial charge in [0.25, 0.3) is 0 Å². The molecule has 1 saturated heterocycles. The van der Waals surface area contributed by atoms with Crippen LogP contribution >= 0.6 is 11.6 Å². The molecule has 0 N–H and O–H groups in total. The van der Waals surface area contributed by atoms with E-state index in [4.69, 9.17) is 16.3 Å². The lowest BCUT2D eigenvalue weighted by Gasteiger charge is -2.24. The number of halogens is 1. The molecule has 2 rings (SSSR count). The molecule has 6 heteroatoms. The Bertz CT molecular complexity index is 419. The fourth-order valence-electron chi connectivity index (χ4n) is 1.75. The summed E-state index contributed by atoms with van der Waals surface area (Å²) in [6, 6.07) is 0.309. The van der Waals surface area contributed by atoms with Crippen molar-refractivity contribution in [2.45, 2.75) is 45.6 Å². The van der Waals surface area contributed by atoms with Gasteiger partial charge in [0.2, 0.25) is 11.2 Å². The second kappa shape index (κ2) is 5.26. The van der Waals surface area contributed by atoms with Gasteiger partial charge in [-0.3, -0.25) is 0 Å². The van der Waals surface area contributed by atoms with Crippen LogP contribution < -0.4 is 9.64 Å². The number of hydrogen-bond acceptors (Lipinski definition) is 5. The van der Waals surface area contributed by atoms with Crippen molar-refractivity contribution >= 4 is 17.5 Å². The first-order valence-corrected chi connectivity index (χ1v) is 6.73. The molecule has 1 aromatic heterocycles. The maximum Gasteiger partial charge on any atom is 0.323 e. The number of hydrogen-bond donors (Lipinski definition) is 0. The van der Waals surface area contributed by atoms with Gasteiger partial charge in [-0.1, -0.05) is 6.92 Å². The van der Waals surface area contributed by atoms with Crippen molar-refractivity contribution in [3.8, 4) is 6.01 Å². The summed E-state index contributed by atoms with van der Waals surface area (Å²) in [5, 5.41) is 0.189. The predicted molar refractivity (Wildman–Crippen MR) is 71.3 cm³/mol. The first-order chi connectivity index (χ1) is 8.50. The van der Waals surface area contributed by atoms with Gasteiger partial charge < -0.3 is 9.64 Å². The highest BCUT2D eigenvalue weighted by Gasteiger charge is 2.22. The summed E-state index contributed by atoms with van der Waals surface area (Å²) >= 11 is 5.93. The van der Waals surface area contributed by atoms with Crippen LogP contribution in [-0.2, 0) is 0 Å². The average Bonchev–Trinajstić information content (AvgIpc) is 2.81. The van der Waals surface area contributed by atoms with Crippen LogP contribution in [0.5, 0.6) is 6.01 Å². The van der Waals surface area contributed by atoms with E-state index in [1.807, 2.05) is 13.8 Å². The molecule has 0 atom stereocenters. The molecule has 0 unspecified atom stereocenters. The van der Waals surface area contributed by atoms with Crippen molar-refractivity contribution in [2.24, 2.45) is 0 Å². The van der Waals surface area contributed by atoms with Gasteiger partial charge in [-0.25, -0.2) is 0 Å². The molecule has 0 radical (unpaired) electrons. The van der Waals surface area contributed by atoms with Gasteiger partial charge in [0.1, 0.15) is 5.60 Å². The van der Waals surface area contributed by atoms with Crippen molar-refractivity contribution < 1.29 is 4.74 Å². The van der Waals surface area contributed by atoms with Crippen LogP contribution in [0.15, 0.2) is 0 Å². The van der Waals surface area contributed by atoms with Crippen molar-refractivity contribution in [1.82, 2.24) is 15.0 Å². The maximum atomic E-state index is 5.93. The SMILES string of the molecule is CCC(C)(C)Oc1nc(Cl)nc(N2CCCC2)n1. The zero-order valence-corrected chi connectivity index (χ0v) is 11.9. The van der Waals surface area contributed by atoms with E-state index in [1.54, 1.807) is 0 Å². The average molecular weight is 271 g/mol. The first-order valence-electron chi connectivity index (χ1n) is 6.36. The standard InChI is InChI=1S/C12H19ClN4O/c1-4-12(2,3)18-11-15-9(13)14-10(16-11)17-7-5-6-8-17/h4-8H2,1-3H3. The second-order valence-electron chi connectivity index (χ2n) is 5.10. The minimum atomic E-state index is -0.299. The molecule has 100 valence electrons. The van der Waals surface area contributed by atoms with Crippen molar-refractivity contribution in [3.63, 3.8) is 0 Å². The highest BCUT2D eigenvalue weighted by atomic mass is 35.5. The first kappa shape index (κ1) is 13.3. The van der Waals surface area contributed by atoms with Crippen molar-refractivity contribution in [1.29, 1.82) is 0 Å². The highest BCUT2D eigenvalue weighted by molar-refractivity contribution is 6.28. The Hall–Kier alpha value is -1.10. The Balaban J connectivity index is 2.20. The van der Waals surface area contributed by atoms with Gasteiger partial charge in [-0.2, -0.15) is 15.0 Å². The van der Waals surface area contributed by atoms with Gasteiger partial charge in [0.05, 0.1) is 0 Å². The molecule has 18 heavy (non-hydrogen) atoms. The van der Waals surface area contributed by atoms with Crippen LogP contribution in [0.25, 0.3) is 0 Å². The maximum absolute atomic E-state index is 5.93. The van der Waals surface area contributed by atoms with E-state index >= 15 is 0 Å². The molecular weight excluding hydrogens is 252 g/mol. The molecule has 1 fully saturated rings. The monoisotopic (exact) mass is 270 g/mol. The number of rotatable bonds is 4. The van der Waals surface area contributed by atoms with E-state index in [-0.39, 0.29) is 10.9 Å². The van der Waals surface area contributed by atoms with Crippen LogP contribution in [0.1, 0.15) is 40.0 Å². The van der Waals surface area contributed by atoms with Gasteiger partial charge in [0, 0.05) is 13.1 Å². The molecule has 0 amide bonds. The Morgan fingerprint density at radius 2 is 1.89 bits per heavy atom. The van der Waals surface area contributed by atoms with Crippen molar-refractivity contribution in [3.05, 3.63) is 5.28 Å². The van der Waals surface area contributed by atoms with E-state index in [9.17, 15) is 0 Å². The van der Waals surface area contributed by atoms with Crippen LogP contribution in [-0.4, -0.2) is 33.6 Å². The van der Waals surface area contributed by atoms with E-state index in [1.165, 1.54) is 12.8 Å². The third-order valence-corrected chi connectivity index (χ3v) is 3.35. The van der Waals surface area contributed by atoms with Crippen molar-refractivity contribution in [2.75, 3.05) is 18.0 Å². The Kier molecular flexibility index (Phi) is 3.90. The predicted octanol–water partition coefficient (Wildman–Crippen LogP) is 2.69. The van der Waals surface area contributed by atoms with Crippen LogP contribution in [0.4, 0.5) is 5.95 Å². The number of aromatic nitrogens is 3. The lowest BCUT2D eigenvalue weighted by Crippen LogP contribution is -2.29. The molecule has 1 aliphatic rings. The summed E-state index contributed by atoms with van der Waals surface area (Å²) in [6.07, 6.45) is 3.20. The largest absolute Gasteiger partial charge is 0.457 e. The van der Waals surface area contributed by atoms with E-state index in [0.29, 0.717) is 12.0 Å². The van der Waals surface area contributed by atoms with E-state index < -0.39 is 0 Å². The third-order valence-electron chi connectivity index (χ3n) is 3.18. The van der Waals surface area contributed by atoms with Crippen LogP contribution in [0, 0.1) is 0 Å². The van der Waals surface area contributed by atoms with Gasteiger partial charge >= 0.3 is 6.01 Å². The summed E-state index contributed by atoms with van der Waals surface area (Å²) in [4.78, 5) is 14.6. The lowest BCUT2D eigenvalue weighted by molar-refractivity contribution is 0.0923. The zero-order chi connectivity index (χ0) is 13.2. The van der Waals surface area contributed by atoms with E-state index in [0.717, 1.165) is 19.5 Å². The summed E-state index contributed by atoms with van der Waals surface area (Å²) < 4.78 is 5.76. The number of ether oxygens (including phenoxy) is 1. The zero-order valence-electron chi connectivity index (χ0n) is 11.1. The van der Waals surface area contributed by atoms with Gasteiger partial charge in [-0.05, 0) is 44.7 Å². The Labute approximate surface area is 113 Å². The molecule has 0 aliphatic carbocycles. The molecular formula is C12H19ClN4O.